The molecule has 36 heavy (non-hydrogen) atoms. The molecule has 4 rings (SSSR count). The number of methoxy groups -OCH3 is 1. The van der Waals surface area contributed by atoms with Crippen molar-refractivity contribution in [2.75, 3.05) is 12.4 Å². The summed E-state index contributed by atoms with van der Waals surface area (Å²) in [4.78, 5) is 35.3. The van der Waals surface area contributed by atoms with Crippen LogP contribution >= 0.6 is 11.6 Å². The molecule has 10 nitrogen and oxygen atoms in total. The molecule has 2 aromatic carbocycles. The molecule has 0 bridgehead atoms. The third-order valence-electron chi connectivity index (χ3n) is 6.24. The van der Waals surface area contributed by atoms with Gasteiger partial charge in [-0.25, -0.2) is 19.1 Å². The maximum atomic E-state index is 13.6. The van der Waals surface area contributed by atoms with E-state index in [0.29, 0.717) is 10.8 Å². The molecule has 0 spiro atoms. The first-order valence-corrected chi connectivity index (χ1v) is 12.2. The van der Waals surface area contributed by atoms with Crippen LogP contribution in [0.5, 0.6) is 5.75 Å². The average molecular weight is 512 g/mol. The van der Waals surface area contributed by atoms with Gasteiger partial charge in [0.05, 0.1) is 32.3 Å². The molecule has 1 fully saturated rings. The predicted octanol–water partition coefficient (Wildman–Crippen LogP) is 2.16. The van der Waals surface area contributed by atoms with E-state index >= 15 is 0 Å². The lowest BCUT2D eigenvalue weighted by molar-refractivity contribution is 0.401. The van der Waals surface area contributed by atoms with E-state index in [1.807, 2.05) is 24.3 Å². The molecular weight excluding hydrogens is 482 g/mol. The fourth-order valence-corrected chi connectivity index (χ4v) is 4.65. The SMILES string of the molecule is COc1ccc(Cn2c(NC3CCCCC3N=C(N)N)nc(=O)n(Cc3cccc(Cl)c3)c2=O)cc1. The predicted molar refractivity (Wildman–Crippen MR) is 141 cm³/mol. The van der Waals surface area contributed by atoms with Crippen LogP contribution in [0.1, 0.15) is 36.8 Å². The Labute approximate surface area is 213 Å². The second kappa shape index (κ2) is 11.3. The summed E-state index contributed by atoms with van der Waals surface area (Å²) in [5.41, 5.74) is 11.7. The number of nitrogens with two attached hydrogens (primary N) is 2. The molecule has 1 saturated carbocycles. The van der Waals surface area contributed by atoms with Gasteiger partial charge < -0.3 is 21.5 Å². The summed E-state index contributed by atoms with van der Waals surface area (Å²) >= 11 is 6.10. The van der Waals surface area contributed by atoms with Crippen molar-refractivity contribution in [3.63, 3.8) is 0 Å². The lowest BCUT2D eigenvalue weighted by Gasteiger charge is -2.30. The van der Waals surface area contributed by atoms with E-state index < -0.39 is 11.4 Å². The van der Waals surface area contributed by atoms with Crippen molar-refractivity contribution < 1.29 is 4.74 Å². The number of aliphatic imine (C=N–C) groups is 1. The number of aromatic nitrogens is 3. The molecule has 5 N–H and O–H groups in total. The van der Waals surface area contributed by atoms with Crippen LogP contribution in [0.3, 0.4) is 0 Å². The minimum Gasteiger partial charge on any atom is -0.497 e. The highest BCUT2D eigenvalue weighted by Gasteiger charge is 2.27. The van der Waals surface area contributed by atoms with Crippen LogP contribution in [-0.4, -0.2) is 39.3 Å². The van der Waals surface area contributed by atoms with Gasteiger partial charge in [0.25, 0.3) is 0 Å². The van der Waals surface area contributed by atoms with Crippen LogP contribution in [0.4, 0.5) is 5.95 Å². The number of halogens is 1. The maximum absolute atomic E-state index is 13.6. The number of hydrogen-bond acceptors (Lipinski definition) is 6. The standard InChI is InChI=1S/C25H30ClN7O3/c1-36-19-11-9-16(10-12-19)14-32-23(30-21-8-3-2-7-20(21)29-22(27)28)31-24(34)33(25(32)35)15-17-5-4-6-18(26)13-17/h4-6,9-13,20-21H,2-3,7-8,14-15H2,1H3,(H4,27,28,29)(H,30,31,34). The van der Waals surface area contributed by atoms with E-state index in [0.717, 1.165) is 41.4 Å². The van der Waals surface area contributed by atoms with Crippen molar-refractivity contribution in [1.29, 1.82) is 0 Å². The Morgan fingerprint density at radius 2 is 1.81 bits per heavy atom. The van der Waals surface area contributed by atoms with Gasteiger partial charge in [-0.2, -0.15) is 4.98 Å². The van der Waals surface area contributed by atoms with Gasteiger partial charge in [-0.15, -0.1) is 0 Å². The molecule has 0 amide bonds. The number of rotatable bonds is 8. The number of benzene rings is 2. The van der Waals surface area contributed by atoms with Crippen molar-refractivity contribution >= 4 is 23.5 Å². The molecule has 2 unspecified atom stereocenters. The summed E-state index contributed by atoms with van der Waals surface area (Å²) in [7, 11) is 1.59. The van der Waals surface area contributed by atoms with Crippen LogP contribution in [0.15, 0.2) is 63.1 Å². The molecule has 3 aromatic rings. The van der Waals surface area contributed by atoms with E-state index in [1.165, 1.54) is 4.57 Å². The maximum Gasteiger partial charge on any atom is 0.355 e. The third kappa shape index (κ3) is 6.06. The van der Waals surface area contributed by atoms with Crippen molar-refractivity contribution in [3.8, 4) is 5.75 Å². The summed E-state index contributed by atoms with van der Waals surface area (Å²) in [5, 5.41) is 3.83. The fraction of sp³-hybridized carbons (Fsp3) is 0.360. The van der Waals surface area contributed by atoms with Gasteiger partial charge in [0, 0.05) is 5.02 Å². The van der Waals surface area contributed by atoms with E-state index in [1.54, 1.807) is 31.4 Å². The second-order valence-electron chi connectivity index (χ2n) is 8.81. The van der Waals surface area contributed by atoms with E-state index in [2.05, 4.69) is 15.3 Å². The molecule has 0 saturated heterocycles. The molecule has 2 atom stereocenters. The van der Waals surface area contributed by atoms with Crippen molar-refractivity contribution in [2.24, 2.45) is 16.5 Å². The second-order valence-corrected chi connectivity index (χ2v) is 9.24. The molecule has 11 heteroatoms. The summed E-state index contributed by atoms with van der Waals surface area (Å²) in [6.07, 6.45) is 3.55. The van der Waals surface area contributed by atoms with Gasteiger partial charge >= 0.3 is 11.4 Å². The quantitative estimate of drug-likeness (QED) is 0.310. The summed E-state index contributed by atoms with van der Waals surface area (Å²) in [6, 6.07) is 14.1. The molecule has 1 aliphatic rings. The Balaban J connectivity index is 1.75. The van der Waals surface area contributed by atoms with Crippen molar-refractivity contribution in [1.82, 2.24) is 14.1 Å². The number of hydrogen-bond donors (Lipinski definition) is 3. The largest absolute Gasteiger partial charge is 0.497 e. The minimum absolute atomic E-state index is 0.00854. The highest BCUT2D eigenvalue weighted by Crippen LogP contribution is 2.24. The molecule has 1 heterocycles. The zero-order chi connectivity index (χ0) is 25.7. The third-order valence-corrected chi connectivity index (χ3v) is 6.47. The summed E-state index contributed by atoms with van der Waals surface area (Å²) in [6.45, 7) is 0.252. The number of ether oxygens (including phenoxy) is 1. The molecular formula is C25H30ClN7O3. The minimum atomic E-state index is -0.650. The van der Waals surface area contributed by atoms with Crippen LogP contribution < -0.4 is 32.9 Å². The number of nitrogens with one attached hydrogen (secondary N) is 1. The zero-order valence-corrected chi connectivity index (χ0v) is 20.8. The highest BCUT2D eigenvalue weighted by molar-refractivity contribution is 6.30. The van der Waals surface area contributed by atoms with Gasteiger partial charge in [0.15, 0.2) is 5.96 Å². The number of anilines is 1. The van der Waals surface area contributed by atoms with Crippen LogP contribution in [0.25, 0.3) is 0 Å². The van der Waals surface area contributed by atoms with Gasteiger partial charge in [-0.3, -0.25) is 4.57 Å². The van der Waals surface area contributed by atoms with Gasteiger partial charge in [0.2, 0.25) is 5.95 Å². The lowest BCUT2D eigenvalue weighted by atomic mass is 9.91. The zero-order valence-electron chi connectivity index (χ0n) is 20.1. The Morgan fingerprint density at radius 1 is 1.08 bits per heavy atom. The summed E-state index contributed by atoms with van der Waals surface area (Å²) < 4.78 is 7.81. The number of guanidine groups is 1. The Kier molecular flexibility index (Phi) is 7.94. The van der Waals surface area contributed by atoms with Gasteiger partial charge in [-0.1, -0.05) is 48.7 Å². The van der Waals surface area contributed by atoms with E-state index in [9.17, 15) is 9.59 Å². The lowest BCUT2D eigenvalue weighted by Crippen LogP contribution is -2.46. The summed E-state index contributed by atoms with van der Waals surface area (Å²) in [5.74, 6) is 0.899. The first kappa shape index (κ1) is 25.3. The van der Waals surface area contributed by atoms with Gasteiger partial charge in [-0.05, 0) is 48.2 Å². The fourth-order valence-electron chi connectivity index (χ4n) is 4.44. The smallest absolute Gasteiger partial charge is 0.355 e. The Bertz CT molecular complexity index is 1350. The topological polar surface area (TPSA) is 143 Å². The molecule has 0 aliphatic heterocycles. The van der Waals surface area contributed by atoms with Crippen LogP contribution in [-0.2, 0) is 13.1 Å². The van der Waals surface area contributed by atoms with Gasteiger partial charge in [0.1, 0.15) is 5.75 Å². The molecule has 1 aromatic heterocycles. The van der Waals surface area contributed by atoms with Crippen LogP contribution in [0, 0.1) is 0 Å². The molecule has 190 valence electrons. The van der Waals surface area contributed by atoms with Crippen LogP contribution in [0.2, 0.25) is 5.02 Å². The monoisotopic (exact) mass is 511 g/mol. The number of nitrogens with zero attached hydrogens (tertiary/aromatic N) is 4. The average Bonchev–Trinajstić information content (AvgIpc) is 2.85. The highest BCUT2D eigenvalue weighted by atomic mass is 35.5. The normalized spacial score (nSPS) is 17.4. The van der Waals surface area contributed by atoms with E-state index in [-0.39, 0.29) is 37.1 Å². The first-order valence-electron chi connectivity index (χ1n) is 11.8. The van der Waals surface area contributed by atoms with Crippen molar-refractivity contribution in [3.05, 3.63) is 85.6 Å². The molecule has 0 radical (unpaired) electrons. The first-order chi connectivity index (χ1) is 17.3. The molecule has 1 aliphatic carbocycles. The Morgan fingerprint density at radius 3 is 2.50 bits per heavy atom. The van der Waals surface area contributed by atoms with E-state index in [4.69, 9.17) is 27.8 Å². The Hall–Kier alpha value is -3.79. The van der Waals surface area contributed by atoms with Crippen molar-refractivity contribution in [2.45, 2.75) is 50.9 Å².